The number of aromatic nitrogens is 2. The Morgan fingerprint density at radius 3 is 3.00 bits per heavy atom. The number of ether oxygens (including phenoxy) is 1. The average molecular weight is 321 g/mol. The minimum Gasteiger partial charge on any atom is -0.385 e. The molecule has 1 N–H and O–H groups in total. The Hall–Kier alpha value is -1.73. The van der Waals surface area contributed by atoms with Gasteiger partial charge in [0.05, 0.1) is 11.9 Å². The van der Waals surface area contributed by atoms with E-state index in [0.717, 1.165) is 24.1 Å². The minimum absolute atomic E-state index is 0.0287. The third-order valence-electron chi connectivity index (χ3n) is 3.78. The number of hydrogen-bond acceptors (Lipinski definition) is 5. The summed E-state index contributed by atoms with van der Waals surface area (Å²) in [5, 5.41) is 2.86. The predicted octanol–water partition coefficient (Wildman–Crippen LogP) is 1.87. The van der Waals surface area contributed by atoms with Crippen molar-refractivity contribution >= 4 is 27.5 Å². The molecule has 2 aromatic rings. The van der Waals surface area contributed by atoms with Crippen molar-refractivity contribution in [2.45, 2.75) is 32.2 Å². The van der Waals surface area contributed by atoms with Gasteiger partial charge < -0.3 is 10.1 Å². The van der Waals surface area contributed by atoms with Gasteiger partial charge in [0.25, 0.3) is 11.5 Å². The van der Waals surface area contributed by atoms with Gasteiger partial charge in [0.2, 0.25) is 0 Å². The Labute approximate surface area is 132 Å². The lowest BCUT2D eigenvalue weighted by Crippen LogP contribution is -2.26. The molecule has 0 aromatic carbocycles. The zero-order valence-electron chi connectivity index (χ0n) is 12.7. The fourth-order valence-electron chi connectivity index (χ4n) is 2.48. The van der Waals surface area contributed by atoms with E-state index < -0.39 is 0 Å². The number of methoxy groups -OCH3 is 1. The number of aryl methyl sites for hydroxylation is 1. The lowest BCUT2D eigenvalue weighted by Gasteiger charge is -2.05. The van der Waals surface area contributed by atoms with E-state index in [0.29, 0.717) is 28.9 Å². The maximum atomic E-state index is 12.5. The van der Waals surface area contributed by atoms with Gasteiger partial charge in [0.1, 0.15) is 10.2 Å². The third kappa shape index (κ3) is 2.78. The molecule has 118 valence electrons. The fourth-order valence-corrected chi connectivity index (χ4v) is 3.52. The zero-order chi connectivity index (χ0) is 15.7. The molecule has 1 saturated carbocycles. The maximum Gasteiger partial charge on any atom is 0.271 e. The van der Waals surface area contributed by atoms with E-state index in [1.165, 1.54) is 11.3 Å². The lowest BCUT2D eigenvalue weighted by atomic mass is 10.2. The summed E-state index contributed by atoms with van der Waals surface area (Å²) in [7, 11) is 1.63. The van der Waals surface area contributed by atoms with Crippen molar-refractivity contribution in [2.24, 2.45) is 0 Å². The number of nitrogens with zero attached hydrogens (tertiary/aromatic N) is 2. The number of amides is 1. The monoisotopic (exact) mass is 321 g/mol. The Morgan fingerprint density at radius 1 is 1.55 bits per heavy atom. The molecule has 22 heavy (non-hydrogen) atoms. The molecule has 3 rings (SSSR count). The summed E-state index contributed by atoms with van der Waals surface area (Å²) in [5.41, 5.74) is 1.02. The van der Waals surface area contributed by atoms with E-state index in [4.69, 9.17) is 4.74 Å². The van der Waals surface area contributed by atoms with Crippen molar-refractivity contribution in [2.75, 3.05) is 20.3 Å². The van der Waals surface area contributed by atoms with Gasteiger partial charge in [-0.3, -0.25) is 14.2 Å². The molecule has 7 heteroatoms. The van der Waals surface area contributed by atoms with Gasteiger partial charge in [-0.2, -0.15) is 0 Å². The van der Waals surface area contributed by atoms with Gasteiger partial charge in [-0.05, 0) is 26.2 Å². The first-order valence-electron chi connectivity index (χ1n) is 7.41. The lowest BCUT2D eigenvalue weighted by molar-refractivity contribution is 0.0950. The summed E-state index contributed by atoms with van der Waals surface area (Å²) in [6.45, 7) is 3.01. The van der Waals surface area contributed by atoms with Crippen LogP contribution < -0.4 is 10.9 Å². The van der Waals surface area contributed by atoms with Crippen LogP contribution in [0.3, 0.4) is 0 Å². The van der Waals surface area contributed by atoms with E-state index in [1.807, 2.05) is 6.92 Å². The number of nitrogens with one attached hydrogen (secondary N) is 1. The zero-order valence-corrected chi connectivity index (χ0v) is 13.5. The van der Waals surface area contributed by atoms with Crippen LogP contribution in [-0.2, 0) is 4.74 Å². The molecule has 0 atom stereocenters. The van der Waals surface area contributed by atoms with Gasteiger partial charge in [0.15, 0.2) is 0 Å². The molecule has 0 spiro atoms. The van der Waals surface area contributed by atoms with Gasteiger partial charge in [-0.25, -0.2) is 4.98 Å². The second kappa shape index (κ2) is 6.18. The smallest absolute Gasteiger partial charge is 0.271 e. The van der Waals surface area contributed by atoms with E-state index in [9.17, 15) is 9.59 Å². The SMILES string of the molecule is COCCCNC(=O)c1c(C)sc2c(=O)n(C3CC3)cnc12. The Bertz CT molecular complexity index is 761. The molecule has 1 aliphatic rings. The molecule has 0 saturated heterocycles. The van der Waals surface area contributed by atoms with Crippen LogP contribution in [0.15, 0.2) is 11.1 Å². The largest absolute Gasteiger partial charge is 0.385 e. The van der Waals surface area contributed by atoms with Crippen molar-refractivity contribution < 1.29 is 9.53 Å². The number of carbonyl (C=O) groups excluding carboxylic acids is 1. The van der Waals surface area contributed by atoms with Gasteiger partial charge in [0, 0.05) is 31.2 Å². The molecule has 1 amide bonds. The van der Waals surface area contributed by atoms with E-state index in [-0.39, 0.29) is 17.5 Å². The van der Waals surface area contributed by atoms with Gasteiger partial charge >= 0.3 is 0 Å². The topological polar surface area (TPSA) is 73.2 Å². The quantitative estimate of drug-likeness (QED) is 0.824. The highest BCUT2D eigenvalue weighted by molar-refractivity contribution is 7.19. The summed E-state index contributed by atoms with van der Waals surface area (Å²) in [4.78, 5) is 30.0. The third-order valence-corrected chi connectivity index (χ3v) is 4.86. The molecule has 0 bridgehead atoms. The van der Waals surface area contributed by atoms with Crippen LogP contribution in [0.2, 0.25) is 0 Å². The standard InChI is InChI=1S/C15H19N3O3S/c1-9-11(14(19)16-6-3-7-21-2)12-13(22-9)15(20)18(8-17-12)10-4-5-10/h8,10H,3-7H2,1-2H3,(H,16,19). The van der Waals surface area contributed by atoms with Crippen molar-refractivity contribution in [3.63, 3.8) is 0 Å². The highest BCUT2D eigenvalue weighted by atomic mass is 32.1. The van der Waals surface area contributed by atoms with Crippen molar-refractivity contribution in [1.29, 1.82) is 0 Å². The van der Waals surface area contributed by atoms with Crippen molar-refractivity contribution in [3.8, 4) is 0 Å². The predicted molar refractivity (Wildman–Crippen MR) is 85.7 cm³/mol. The first-order valence-corrected chi connectivity index (χ1v) is 8.22. The Kier molecular flexibility index (Phi) is 4.26. The summed E-state index contributed by atoms with van der Waals surface area (Å²) < 4.78 is 7.23. The summed E-state index contributed by atoms with van der Waals surface area (Å²) in [6.07, 6.45) is 4.40. The molecule has 0 aliphatic heterocycles. The molecule has 2 aromatic heterocycles. The number of thiophene rings is 1. The average Bonchev–Trinajstić information content (AvgIpc) is 3.26. The van der Waals surface area contributed by atoms with Gasteiger partial charge in [-0.1, -0.05) is 0 Å². The molecule has 1 aliphatic carbocycles. The summed E-state index contributed by atoms with van der Waals surface area (Å²) >= 11 is 1.36. The van der Waals surface area contributed by atoms with E-state index >= 15 is 0 Å². The molecule has 1 fully saturated rings. The summed E-state index contributed by atoms with van der Waals surface area (Å²) in [6, 6.07) is 0.290. The number of rotatable bonds is 6. The number of hydrogen-bond donors (Lipinski definition) is 1. The minimum atomic E-state index is -0.170. The van der Waals surface area contributed by atoms with Crippen LogP contribution in [0.5, 0.6) is 0 Å². The first kappa shape index (κ1) is 15.2. The normalized spacial score (nSPS) is 14.5. The summed E-state index contributed by atoms with van der Waals surface area (Å²) in [5.74, 6) is -0.170. The van der Waals surface area contributed by atoms with Crippen LogP contribution in [0.4, 0.5) is 0 Å². The Balaban J connectivity index is 1.89. The van der Waals surface area contributed by atoms with Crippen LogP contribution in [-0.4, -0.2) is 35.7 Å². The second-order valence-corrected chi connectivity index (χ2v) is 6.73. The second-order valence-electron chi connectivity index (χ2n) is 5.50. The van der Waals surface area contributed by atoms with Crippen LogP contribution in [0.1, 0.15) is 40.5 Å². The van der Waals surface area contributed by atoms with Crippen LogP contribution in [0.25, 0.3) is 10.2 Å². The first-order chi connectivity index (χ1) is 10.6. The highest BCUT2D eigenvalue weighted by Crippen LogP contribution is 2.34. The maximum absolute atomic E-state index is 12.5. The molecular formula is C15H19N3O3S. The fraction of sp³-hybridized carbons (Fsp3) is 0.533. The van der Waals surface area contributed by atoms with E-state index in [1.54, 1.807) is 18.0 Å². The molecule has 6 nitrogen and oxygen atoms in total. The van der Waals surface area contributed by atoms with Gasteiger partial charge in [-0.15, -0.1) is 11.3 Å². The van der Waals surface area contributed by atoms with Crippen molar-refractivity contribution in [1.82, 2.24) is 14.9 Å². The van der Waals surface area contributed by atoms with Crippen molar-refractivity contribution in [3.05, 3.63) is 27.1 Å². The highest BCUT2D eigenvalue weighted by Gasteiger charge is 2.27. The van der Waals surface area contributed by atoms with Crippen LogP contribution in [0, 0.1) is 6.92 Å². The van der Waals surface area contributed by atoms with E-state index in [2.05, 4.69) is 10.3 Å². The number of fused-ring (bicyclic) bond motifs is 1. The molecule has 0 radical (unpaired) electrons. The molecular weight excluding hydrogens is 302 g/mol. The van der Waals surface area contributed by atoms with Crippen LogP contribution >= 0.6 is 11.3 Å². The molecule has 2 heterocycles. The Morgan fingerprint density at radius 2 is 2.32 bits per heavy atom. The molecule has 0 unspecified atom stereocenters. The number of carbonyl (C=O) groups is 1.